The summed E-state index contributed by atoms with van der Waals surface area (Å²) in [6, 6.07) is 5.45. The third-order valence-electron chi connectivity index (χ3n) is 3.98. The average Bonchev–Trinajstić information content (AvgIpc) is 2.99. The van der Waals surface area contributed by atoms with Gasteiger partial charge < -0.3 is 11.1 Å². The maximum absolute atomic E-state index is 12.6. The third-order valence-corrected chi connectivity index (χ3v) is 6.44. The maximum Gasteiger partial charge on any atom is 0.261 e. The first-order chi connectivity index (χ1) is 13.3. The fourth-order valence-electron chi connectivity index (χ4n) is 2.61. The first-order valence-corrected chi connectivity index (χ1v) is 10.3. The number of benzene rings is 1. The lowest BCUT2D eigenvalue weighted by Gasteiger charge is -2.07. The first-order valence-electron chi connectivity index (χ1n) is 8.48. The Kier molecular flexibility index (Phi) is 6.10. The fraction of sp³-hybridized carbons (Fsp3) is 0.278. The van der Waals surface area contributed by atoms with Crippen LogP contribution in [0, 0.1) is 13.8 Å². The molecule has 2 heterocycles. The highest BCUT2D eigenvalue weighted by Gasteiger charge is 2.13. The van der Waals surface area contributed by atoms with Crippen LogP contribution in [0.15, 0.2) is 33.5 Å². The molecule has 0 spiro atoms. The number of aromatic nitrogens is 3. The van der Waals surface area contributed by atoms with Gasteiger partial charge in [0.25, 0.3) is 5.56 Å². The van der Waals surface area contributed by atoms with Crippen molar-refractivity contribution < 1.29 is 9.59 Å². The second kappa shape index (κ2) is 8.53. The van der Waals surface area contributed by atoms with Crippen LogP contribution in [0.4, 0.5) is 5.13 Å². The number of primary amides is 1. The normalized spacial score (nSPS) is 10.9. The summed E-state index contributed by atoms with van der Waals surface area (Å²) in [6.45, 7) is 3.92. The lowest BCUT2D eigenvalue weighted by molar-refractivity contribution is -0.116. The van der Waals surface area contributed by atoms with Crippen molar-refractivity contribution in [1.82, 2.24) is 14.5 Å². The molecule has 0 unspecified atom stereocenters. The summed E-state index contributed by atoms with van der Waals surface area (Å²) in [5.41, 5.74) is 7.32. The summed E-state index contributed by atoms with van der Waals surface area (Å²) in [4.78, 5) is 44.3. The average molecular weight is 418 g/mol. The van der Waals surface area contributed by atoms with E-state index in [9.17, 15) is 14.4 Å². The Hall–Kier alpha value is -2.72. The van der Waals surface area contributed by atoms with Crippen LogP contribution >= 0.6 is 23.1 Å². The largest absolute Gasteiger partial charge is 0.369 e. The van der Waals surface area contributed by atoms with Gasteiger partial charge in [-0.1, -0.05) is 23.5 Å². The van der Waals surface area contributed by atoms with E-state index in [0.717, 1.165) is 15.5 Å². The number of thioether (sulfide) groups is 1. The van der Waals surface area contributed by atoms with Crippen molar-refractivity contribution in [3.63, 3.8) is 0 Å². The quantitative estimate of drug-likeness (QED) is 0.568. The van der Waals surface area contributed by atoms with Gasteiger partial charge in [-0.05, 0) is 25.5 Å². The zero-order valence-corrected chi connectivity index (χ0v) is 17.0. The van der Waals surface area contributed by atoms with Crippen molar-refractivity contribution >= 4 is 50.9 Å². The highest BCUT2D eigenvalue weighted by molar-refractivity contribution is 8.01. The van der Waals surface area contributed by atoms with Crippen LogP contribution in [-0.4, -0.2) is 32.1 Å². The molecule has 0 radical (unpaired) electrons. The van der Waals surface area contributed by atoms with Crippen LogP contribution in [0.3, 0.4) is 0 Å². The van der Waals surface area contributed by atoms with Gasteiger partial charge in [0.1, 0.15) is 0 Å². The van der Waals surface area contributed by atoms with Crippen LogP contribution in [0.25, 0.3) is 10.9 Å². The minimum atomic E-state index is -0.409. The Morgan fingerprint density at radius 1 is 1.32 bits per heavy atom. The molecule has 10 heteroatoms. The fourth-order valence-corrected chi connectivity index (χ4v) is 4.50. The van der Waals surface area contributed by atoms with Crippen LogP contribution in [-0.2, 0) is 16.1 Å². The Balaban J connectivity index is 1.64. The Bertz CT molecular complexity index is 1110. The molecule has 3 rings (SSSR count). The van der Waals surface area contributed by atoms with E-state index in [2.05, 4.69) is 15.3 Å². The standard InChI is InChI=1S/C18H19N5O3S2/c1-10-4-3-5-12-15(10)20-9-23(16(12)26)7-6-14(25)22-18-21-11(2)17(28-18)27-8-13(19)24/h3-5,9H,6-8H2,1-2H3,(H2,19,24)(H,21,22,25). The highest BCUT2D eigenvalue weighted by Crippen LogP contribution is 2.31. The molecule has 1 aromatic carbocycles. The molecule has 3 aromatic rings. The van der Waals surface area contributed by atoms with E-state index in [-0.39, 0.29) is 30.2 Å². The number of rotatable bonds is 7. The van der Waals surface area contributed by atoms with Gasteiger partial charge in [0.05, 0.1) is 32.9 Å². The van der Waals surface area contributed by atoms with E-state index < -0.39 is 5.91 Å². The minimum absolute atomic E-state index is 0.112. The van der Waals surface area contributed by atoms with Gasteiger partial charge in [-0.15, -0.1) is 11.8 Å². The van der Waals surface area contributed by atoms with Gasteiger partial charge in [-0.25, -0.2) is 9.97 Å². The van der Waals surface area contributed by atoms with E-state index in [4.69, 9.17) is 5.73 Å². The molecule has 2 amide bonds. The van der Waals surface area contributed by atoms with E-state index in [1.54, 1.807) is 13.0 Å². The summed E-state index contributed by atoms with van der Waals surface area (Å²) in [5, 5.41) is 3.72. The van der Waals surface area contributed by atoms with E-state index in [1.165, 1.54) is 34.0 Å². The molecular weight excluding hydrogens is 398 g/mol. The van der Waals surface area contributed by atoms with Crippen molar-refractivity contribution in [2.75, 3.05) is 11.1 Å². The van der Waals surface area contributed by atoms with E-state index in [0.29, 0.717) is 16.0 Å². The number of nitrogens with two attached hydrogens (primary N) is 1. The number of hydrogen-bond donors (Lipinski definition) is 2. The number of aryl methyl sites for hydroxylation is 3. The van der Waals surface area contributed by atoms with Crippen molar-refractivity contribution in [3.05, 3.63) is 46.1 Å². The van der Waals surface area contributed by atoms with Crippen LogP contribution in [0.2, 0.25) is 0 Å². The second-order valence-corrected chi connectivity index (χ2v) is 8.40. The van der Waals surface area contributed by atoms with Gasteiger partial charge >= 0.3 is 0 Å². The van der Waals surface area contributed by atoms with Crippen molar-refractivity contribution in [3.8, 4) is 0 Å². The first kappa shape index (κ1) is 20.0. The van der Waals surface area contributed by atoms with Gasteiger partial charge in [-0.2, -0.15) is 0 Å². The van der Waals surface area contributed by atoms with Crippen molar-refractivity contribution in [2.45, 2.75) is 31.0 Å². The molecular formula is C18H19N5O3S2. The third kappa shape index (κ3) is 4.57. The molecule has 0 atom stereocenters. The van der Waals surface area contributed by atoms with E-state index >= 15 is 0 Å². The Morgan fingerprint density at radius 3 is 2.86 bits per heavy atom. The summed E-state index contributed by atoms with van der Waals surface area (Å²) in [5.74, 6) is -0.502. The highest BCUT2D eigenvalue weighted by atomic mass is 32.2. The van der Waals surface area contributed by atoms with Crippen LogP contribution in [0.1, 0.15) is 17.7 Å². The maximum atomic E-state index is 12.6. The number of amides is 2. The van der Waals surface area contributed by atoms with Gasteiger partial charge in [0.15, 0.2) is 5.13 Å². The molecule has 8 nitrogen and oxygen atoms in total. The predicted octanol–water partition coefficient (Wildman–Crippen LogP) is 2.08. The van der Waals surface area contributed by atoms with E-state index in [1.807, 2.05) is 19.1 Å². The number of fused-ring (bicyclic) bond motifs is 1. The molecule has 0 bridgehead atoms. The number of carbonyl (C=O) groups is 2. The lowest BCUT2D eigenvalue weighted by Crippen LogP contribution is -2.23. The molecule has 146 valence electrons. The monoisotopic (exact) mass is 417 g/mol. The molecule has 2 aromatic heterocycles. The van der Waals surface area contributed by atoms with Crippen molar-refractivity contribution in [1.29, 1.82) is 0 Å². The van der Waals surface area contributed by atoms with Crippen molar-refractivity contribution in [2.24, 2.45) is 5.73 Å². The summed E-state index contributed by atoms with van der Waals surface area (Å²) < 4.78 is 2.27. The zero-order chi connectivity index (χ0) is 20.3. The Labute approximate surface area is 169 Å². The molecule has 0 fully saturated rings. The number of anilines is 1. The van der Waals surface area contributed by atoms with Gasteiger partial charge in [0, 0.05) is 13.0 Å². The zero-order valence-electron chi connectivity index (χ0n) is 15.4. The number of para-hydroxylation sites is 1. The molecule has 28 heavy (non-hydrogen) atoms. The number of carbonyl (C=O) groups excluding carboxylic acids is 2. The molecule has 0 aliphatic heterocycles. The topological polar surface area (TPSA) is 120 Å². The second-order valence-electron chi connectivity index (χ2n) is 6.16. The Morgan fingerprint density at radius 2 is 2.11 bits per heavy atom. The summed E-state index contributed by atoms with van der Waals surface area (Å²) in [7, 11) is 0. The van der Waals surface area contributed by atoms with Crippen LogP contribution < -0.4 is 16.6 Å². The number of nitrogens with zero attached hydrogens (tertiary/aromatic N) is 3. The number of hydrogen-bond acceptors (Lipinski definition) is 7. The number of thiazole rings is 1. The predicted molar refractivity (Wildman–Crippen MR) is 111 cm³/mol. The summed E-state index contributed by atoms with van der Waals surface area (Å²) >= 11 is 2.58. The SMILES string of the molecule is Cc1nc(NC(=O)CCn2cnc3c(C)cccc3c2=O)sc1SCC(N)=O. The van der Waals surface area contributed by atoms with Gasteiger partial charge in [0.2, 0.25) is 11.8 Å². The minimum Gasteiger partial charge on any atom is -0.369 e. The smallest absolute Gasteiger partial charge is 0.261 e. The molecule has 0 aliphatic carbocycles. The van der Waals surface area contributed by atoms with Crippen LogP contribution in [0.5, 0.6) is 0 Å². The molecule has 0 aliphatic rings. The lowest BCUT2D eigenvalue weighted by atomic mass is 10.1. The van der Waals surface area contributed by atoms with Gasteiger partial charge in [-0.3, -0.25) is 19.0 Å². The molecule has 0 saturated carbocycles. The molecule has 0 saturated heterocycles. The summed E-state index contributed by atoms with van der Waals surface area (Å²) in [6.07, 6.45) is 1.58. The molecule has 3 N–H and O–H groups in total. The number of nitrogens with one attached hydrogen (secondary N) is 1.